The summed E-state index contributed by atoms with van der Waals surface area (Å²) in [5.41, 5.74) is 4.27. The minimum Gasteiger partial charge on any atom is -0.496 e. The normalized spacial score (nSPS) is 10.8. The van der Waals surface area contributed by atoms with Crippen LogP contribution in [0.15, 0.2) is 60.7 Å². The number of anilines is 2. The van der Waals surface area contributed by atoms with Crippen LogP contribution < -0.4 is 19.7 Å². The number of alkyl carbamates (subject to hydrolysis) is 1. The van der Waals surface area contributed by atoms with Crippen LogP contribution in [-0.2, 0) is 4.74 Å². The third-order valence-electron chi connectivity index (χ3n) is 5.33. The van der Waals surface area contributed by atoms with Crippen LogP contribution in [0.1, 0.15) is 5.56 Å². The molecule has 3 aromatic carbocycles. The summed E-state index contributed by atoms with van der Waals surface area (Å²) in [7, 11) is 4.81. The summed E-state index contributed by atoms with van der Waals surface area (Å²) in [5.74, 6) is 1.44. The van der Waals surface area contributed by atoms with Crippen molar-refractivity contribution < 1.29 is 19.0 Å². The summed E-state index contributed by atoms with van der Waals surface area (Å²) in [6.07, 6.45) is -0.517. The lowest BCUT2D eigenvalue weighted by Crippen LogP contribution is -2.28. The summed E-state index contributed by atoms with van der Waals surface area (Å²) in [4.78, 5) is 18.6. The van der Waals surface area contributed by atoms with Crippen molar-refractivity contribution in [3.05, 3.63) is 66.2 Å². The fourth-order valence-electron chi connectivity index (χ4n) is 3.75. The number of pyridine rings is 1. The number of amides is 1. The number of ether oxygens (including phenoxy) is 3. The average molecular weight is 431 g/mol. The number of methoxy groups -OCH3 is 2. The number of benzene rings is 3. The molecule has 1 heterocycles. The van der Waals surface area contributed by atoms with Crippen LogP contribution in [0.3, 0.4) is 0 Å². The first kappa shape index (κ1) is 21.2. The highest BCUT2D eigenvalue weighted by Crippen LogP contribution is 2.41. The predicted molar refractivity (Wildman–Crippen MR) is 126 cm³/mol. The Kier molecular flexibility index (Phi) is 5.98. The number of nitrogens with one attached hydrogen (secondary N) is 1. The van der Waals surface area contributed by atoms with E-state index in [1.807, 2.05) is 60.4 Å². The van der Waals surface area contributed by atoms with Crippen LogP contribution >= 0.6 is 0 Å². The summed E-state index contributed by atoms with van der Waals surface area (Å²) in [6, 6.07) is 19.6. The molecule has 7 heteroatoms. The van der Waals surface area contributed by atoms with Crippen LogP contribution in [0.4, 0.5) is 16.2 Å². The number of nitrogens with zero attached hydrogens (tertiary/aromatic N) is 2. The summed E-state index contributed by atoms with van der Waals surface area (Å²) in [5, 5.41) is 4.34. The van der Waals surface area contributed by atoms with E-state index in [2.05, 4.69) is 17.4 Å². The third-order valence-corrected chi connectivity index (χ3v) is 5.33. The maximum atomic E-state index is 11.9. The van der Waals surface area contributed by atoms with Gasteiger partial charge in [-0.05, 0) is 48.9 Å². The second kappa shape index (κ2) is 9.01. The molecule has 32 heavy (non-hydrogen) atoms. The number of rotatable bonds is 6. The second-order valence-electron chi connectivity index (χ2n) is 7.26. The largest absolute Gasteiger partial charge is 0.496 e. The molecule has 0 saturated heterocycles. The Balaban J connectivity index is 1.96. The zero-order valence-electron chi connectivity index (χ0n) is 18.5. The summed E-state index contributed by atoms with van der Waals surface area (Å²) >= 11 is 0. The van der Waals surface area contributed by atoms with E-state index in [-0.39, 0.29) is 6.73 Å². The van der Waals surface area contributed by atoms with Crippen molar-refractivity contribution >= 4 is 39.3 Å². The van der Waals surface area contributed by atoms with Gasteiger partial charge in [-0.1, -0.05) is 18.2 Å². The lowest BCUT2D eigenvalue weighted by molar-refractivity contribution is 0.151. The minimum absolute atomic E-state index is 0.00115. The molecule has 0 fully saturated rings. The van der Waals surface area contributed by atoms with E-state index >= 15 is 0 Å². The molecule has 0 radical (unpaired) electrons. The summed E-state index contributed by atoms with van der Waals surface area (Å²) < 4.78 is 16.6. The van der Waals surface area contributed by atoms with Crippen LogP contribution in [0.5, 0.6) is 11.5 Å². The standard InChI is InChI=1S/C25H25N3O4/c1-16-12-17-13-19-20(27-21(17)14-23(16)31-4)10-11-22(30-3)24(19)28(15-32-25(29)26-2)18-8-6-5-7-9-18/h5-14H,15H2,1-4H3,(H,26,29). The van der Waals surface area contributed by atoms with Gasteiger partial charge in [0.05, 0.1) is 30.9 Å². The van der Waals surface area contributed by atoms with Crippen LogP contribution in [-0.4, -0.2) is 39.1 Å². The highest BCUT2D eigenvalue weighted by atomic mass is 16.6. The Morgan fingerprint density at radius 3 is 2.41 bits per heavy atom. The fourth-order valence-corrected chi connectivity index (χ4v) is 3.75. The van der Waals surface area contributed by atoms with Gasteiger partial charge in [-0.2, -0.15) is 0 Å². The second-order valence-corrected chi connectivity index (χ2v) is 7.26. The quantitative estimate of drug-likeness (QED) is 0.336. The molecular formula is C25H25N3O4. The number of hydrogen-bond acceptors (Lipinski definition) is 6. The zero-order valence-corrected chi connectivity index (χ0v) is 18.5. The highest BCUT2D eigenvalue weighted by Gasteiger charge is 2.20. The summed E-state index contributed by atoms with van der Waals surface area (Å²) in [6.45, 7) is 2.00. The monoisotopic (exact) mass is 431 g/mol. The maximum absolute atomic E-state index is 11.9. The fraction of sp³-hybridized carbons (Fsp3) is 0.200. The smallest absolute Gasteiger partial charge is 0.408 e. The van der Waals surface area contributed by atoms with Gasteiger partial charge in [0.1, 0.15) is 11.5 Å². The van der Waals surface area contributed by atoms with Crippen LogP contribution in [0.2, 0.25) is 0 Å². The van der Waals surface area contributed by atoms with Crippen molar-refractivity contribution in [3.8, 4) is 11.5 Å². The highest BCUT2D eigenvalue weighted by molar-refractivity contribution is 6.03. The van der Waals surface area contributed by atoms with Gasteiger partial charge in [-0.15, -0.1) is 0 Å². The van der Waals surface area contributed by atoms with E-state index in [1.165, 1.54) is 7.05 Å². The molecule has 4 aromatic rings. The van der Waals surface area contributed by atoms with E-state index in [1.54, 1.807) is 14.2 Å². The number of aryl methyl sites for hydroxylation is 1. The SMILES string of the molecule is CNC(=O)OCN(c1ccccc1)c1c(OC)ccc2nc3cc(OC)c(C)cc3cc12. The van der Waals surface area contributed by atoms with Gasteiger partial charge >= 0.3 is 6.09 Å². The number of carbonyl (C=O) groups excluding carboxylic acids is 1. The molecule has 0 atom stereocenters. The number of carbonyl (C=O) groups is 1. The van der Waals surface area contributed by atoms with E-state index in [4.69, 9.17) is 19.2 Å². The average Bonchev–Trinajstić information content (AvgIpc) is 2.83. The van der Waals surface area contributed by atoms with Crippen LogP contribution in [0, 0.1) is 6.92 Å². The Bertz CT molecular complexity index is 1270. The van der Waals surface area contributed by atoms with Crippen LogP contribution in [0.25, 0.3) is 21.8 Å². The number of aromatic nitrogens is 1. The van der Waals surface area contributed by atoms with Crippen molar-refractivity contribution in [1.29, 1.82) is 0 Å². The van der Waals surface area contributed by atoms with Crippen molar-refractivity contribution in [3.63, 3.8) is 0 Å². The van der Waals surface area contributed by atoms with Crippen molar-refractivity contribution in [2.24, 2.45) is 0 Å². The molecule has 0 spiro atoms. The molecule has 1 N–H and O–H groups in total. The molecule has 0 saturated carbocycles. The van der Waals surface area contributed by atoms with Gasteiger partial charge in [0.15, 0.2) is 6.73 Å². The Morgan fingerprint density at radius 2 is 1.72 bits per heavy atom. The molecule has 1 aromatic heterocycles. The molecule has 7 nitrogen and oxygen atoms in total. The van der Waals surface area contributed by atoms with Gasteiger partial charge in [-0.3, -0.25) is 0 Å². The van der Waals surface area contributed by atoms with Gasteiger partial charge in [0.25, 0.3) is 0 Å². The van der Waals surface area contributed by atoms with Gasteiger partial charge in [0, 0.05) is 29.6 Å². The van der Waals surface area contributed by atoms with Crippen molar-refractivity contribution in [1.82, 2.24) is 10.3 Å². The zero-order chi connectivity index (χ0) is 22.7. The van der Waals surface area contributed by atoms with E-state index < -0.39 is 6.09 Å². The van der Waals surface area contributed by atoms with E-state index in [0.29, 0.717) is 5.75 Å². The Labute approximate surface area is 186 Å². The number of para-hydroxylation sites is 1. The Morgan fingerprint density at radius 1 is 0.969 bits per heavy atom. The Hall–Kier alpha value is -4.00. The van der Waals surface area contributed by atoms with E-state index in [9.17, 15) is 4.79 Å². The lowest BCUT2D eigenvalue weighted by atomic mass is 10.1. The van der Waals surface area contributed by atoms with Gasteiger partial charge < -0.3 is 24.4 Å². The first-order chi connectivity index (χ1) is 15.5. The van der Waals surface area contributed by atoms with Crippen molar-refractivity contribution in [2.45, 2.75) is 6.92 Å². The topological polar surface area (TPSA) is 72.9 Å². The molecule has 164 valence electrons. The molecule has 1 amide bonds. The molecule has 0 aliphatic heterocycles. The lowest BCUT2D eigenvalue weighted by Gasteiger charge is -2.27. The van der Waals surface area contributed by atoms with E-state index in [0.717, 1.165) is 44.5 Å². The third kappa shape index (κ3) is 3.97. The number of fused-ring (bicyclic) bond motifs is 2. The van der Waals surface area contributed by atoms with Crippen molar-refractivity contribution in [2.75, 3.05) is 32.9 Å². The molecular weight excluding hydrogens is 406 g/mol. The van der Waals surface area contributed by atoms with Gasteiger partial charge in [-0.25, -0.2) is 9.78 Å². The molecule has 0 bridgehead atoms. The predicted octanol–water partition coefficient (Wildman–Crippen LogP) is 5.17. The minimum atomic E-state index is -0.517. The molecule has 0 aliphatic carbocycles. The molecule has 4 rings (SSSR count). The molecule has 0 unspecified atom stereocenters. The maximum Gasteiger partial charge on any atom is 0.408 e. The first-order valence-corrected chi connectivity index (χ1v) is 10.2. The van der Waals surface area contributed by atoms with Gasteiger partial charge in [0.2, 0.25) is 0 Å². The first-order valence-electron chi connectivity index (χ1n) is 10.2. The number of hydrogen-bond donors (Lipinski definition) is 1. The molecule has 0 aliphatic rings.